The number of hydrogen-bond acceptors (Lipinski definition) is 6. The molecule has 2 aromatic rings. The van der Waals surface area contributed by atoms with Crippen LogP contribution < -0.4 is 21.6 Å². The third kappa shape index (κ3) is 7.16. The Kier molecular flexibility index (Phi) is 7.95. The lowest BCUT2D eigenvalue weighted by atomic mass is 10.1. The van der Waals surface area contributed by atoms with Crippen molar-refractivity contribution in [1.82, 2.24) is 10.6 Å². The van der Waals surface area contributed by atoms with Gasteiger partial charge in [0.05, 0.1) is 6.54 Å². The molecule has 0 aliphatic carbocycles. The number of halogens is 3. The zero-order chi connectivity index (χ0) is 22.3. The first-order valence-electron chi connectivity index (χ1n) is 9.15. The number of benzene rings is 1. The highest BCUT2D eigenvalue weighted by Gasteiger charge is 2.38. The monoisotopic (exact) mass is 429 g/mol. The first-order valence-corrected chi connectivity index (χ1v) is 9.15. The van der Waals surface area contributed by atoms with Crippen molar-refractivity contribution >= 4 is 28.5 Å². The first-order chi connectivity index (χ1) is 14.1. The van der Waals surface area contributed by atoms with Gasteiger partial charge >= 0.3 is 17.8 Å². The van der Waals surface area contributed by atoms with Crippen molar-refractivity contribution in [3.05, 3.63) is 40.2 Å². The molecule has 2 heterocycles. The minimum atomic E-state index is -5.08. The molecule has 1 aliphatic rings. The van der Waals surface area contributed by atoms with Gasteiger partial charge in [0.15, 0.2) is 0 Å². The van der Waals surface area contributed by atoms with Gasteiger partial charge in [0.25, 0.3) is 0 Å². The summed E-state index contributed by atoms with van der Waals surface area (Å²) in [6.45, 7) is 4.12. The fourth-order valence-electron chi connectivity index (χ4n) is 2.87. The van der Waals surface area contributed by atoms with E-state index in [1.165, 1.54) is 6.07 Å². The van der Waals surface area contributed by atoms with E-state index in [0.29, 0.717) is 17.3 Å². The van der Waals surface area contributed by atoms with E-state index in [1.54, 1.807) is 6.07 Å². The van der Waals surface area contributed by atoms with E-state index < -0.39 is 12.1 Å². The number of carboxylic acid groups (broad SMARTS) is 1. The summed E-state index contributed by atoms with van der Waals surface area (Å²) in [5, 5.41) is 17.4. The molecule has 1 aromatic heterocycles. The molecule has 1 aromatic carbocycles. The van der Waals surface area contributed by atoms with Crippen LogP contribution in [0.3, 0.4) is 0 Å². The second-order valence-corrected chi connectivity index (χ2v) is 6.72. The van der Waals surface area contributed by atoms with E-state index in [9.17, 15) is 22.8 Å². The van der Waals surface area contributed by atoms with E-state index in [4.69, 9.17) is 14.3 Å². The lowest BCUT2D eigenvalue weighted by Crippen LogP contribution is -2.42. The molecule has 1 amide bonds. The van der Waals surface area contributed by atoms with Crippen LogP contribution in [0.1, 0.15) is 18.4 Å². The third-order valence-electron chi connectivity index (χ3n) is 4.37. The number of carbonyl (C=O) groups is 2. The number of carbonyl (C=O) groups excluding carboxylic acids is 1. The van der Waals surface area contributed by atoms with E-state index in [-0.39, 0.29) is 18.1 Å². The molecule has 30 heavy (non-hydrogen) atoms. The van der Waals surface area contributed by atoms with Crippen molar-refractivity contribution in [3.63, 3.8) is 0 Å². The number of amides is 1. The SMILES string of the molecule is Cc1cc(=O)oc2cc(NC(=O)CNC3CCNCC3)ccc12.O=C(O)C(F)(F)F. The Morgan fingerprint density at radius 3 is 2.47 bits per heavy atom. The van der Waals surface area contributed by atoms with Gasteiger partial charge in [0.1, 0.15) is 5.58 Å². The summed E-state index contributed by atoms with van der Waals surface area (Å²) in [6, 6.07) is 7.20. The highest BCUT2D eigenvalue weighted by atomic mass is 19.4. The van der Waals surface area contributed by atoms with Gasteiger partial charge in [-0.15, -0.1) is 0 Å². The molecule has 8 nitrogen and oxygen atoms in total. The second kappa shape index (κ2) is 10.2. The Labute approximate surface area is 169 Å². The van der Waals surface area contributed by atoms with Gasteiger partial charge in [-0.05, 0) is 50.6 Å². The van der Waals surface area contributed by atoms with Gasteiger partial charge in [-0.1, -0.05) is 0 Å². The third-order valence-corrected chi connectivity index (χ3v) is 4.37. The molecule has 0 unspecified atom stereocenters. The van der Waals surface area contributed by atoms with Crippen LogP contribution in [-0.4, -0.2) is 48.8 Å². The molecule has 0 atom stereocenters. The maximum Gasteiger partial charge on any atom is 0.490 e. The number of alkyl halides is 3. The lowest BCUT2D eigenvalue weighted by Gasteiger charge is -2.23. The highest BCUT2D eigenvalue weighted by molar-refractivity contribution is 5.94. The molecule has 0 radical (unpaired) electrons. The van der Waals surface area contributed by atoms with Crippen molar-refractivity contribution in [2.45, 2.75) is 32.0 Å². The van der Waals surface area contributed by atoms with Crippen LogP contribution in [0.25, 0.3) is 11.0 Å². The summed E-state index contributed by atoms with van der Waals surface area (Å²) >= 11 is 0. The molecular formula is C19H22F3N3O5. The number of hydrogen-bond donors (Lipinski definition) is 4. The predicted molar refractivity (Wildman–Crippen MR) is 103 cm³/mol. The van der Waals surface area contributed by atoms with Crippen LogP contribution in [0, 0.1) is 6.92 Å². The second-order valence-electron chi connectivity index (χ2n) is 6.72. The minimum Gasteiger partial charge on any atom is -0.475 e. The number of fused-ring (bicyclic) bond motifs is 1. The fraction of sp³-hybridized carbons (Fsp3) is 0.421. The molecule has 1 fully saturated rings. The quantitative estimate of drug-likeness (QED) is 0.549. The van der Waals surface area contributed by atoms with Gasteiger partial charge in [0.2, 0.25) is 5.91 Å². The van der Waals surface area contributed by atoms with E-state index in [1.807, 2.05) is 19.1 Å². The number of piperidine rings is 1. The molecule has 1 aliphatic heterocycles. The number of aliphatic carboxylic acids is 1. The lowest BCUT2D eigenvalue weighted by molar-refractivity contribution is -0.192. The van der Waals surface area contributed by atoms with Gasteiger partial charge < -0.3 is 25.5 Å². The van der Waals surface area contributed by atoms with Gasteiger partial charge in [-0.25, -0.2) is 9.59 Å². The predicted octanol–water partition coefficient (Wildman–Crippen LogP) is 2.01. The smallest absolute Gasteiger partial charge is 0.475 e. The Bertz CT molecular complexity index is 953. The van der Waals surface area contributed by atoms with Crippen molar-refractivity contribution in [2.75, 3.05) is 25.0 Å². The van der Waals surface area contributed by atoms with Crippen molar-refractivity contribution in [1.29, 1.82) is 0 Å². The van der Waals surface area contributed by atoms with Gasteiger partial charge in [-0.2, -0.15) is 13.2 Å². The van der Waals surface area contributed by atoms with Crippen molar-refractivity contribution < 1.29 is 32.3 Å². The highest BCUT2D eigenvalue weighted by Crippen LogP contribution is 2.20. The number of aryl methyl sites for hydroxylation is 1. The maximum atomic E-state index is 12.0. The maximum absolute atomic E-state index is 12.0. The summed E-state index contributed by atoms with van der Waals surface area (Å²) in [5.41, 5.74) is 1.59. The summed E-state index contributed by atoms with van der Waals surface area (Å²) in [6.07, 6.45) is -3.01. The molecular weight excluding hydrogens is 407 g/mol. The summed E-state index contributed by atoms with van der Waals surface area (Å²) in [4.78, 5) is 32.4. The van der Waals surface area contributed by atoms with Crippen LogP contribution >= 0.6 is 0 Å². The molecule has 11 heteroatoms. The van der Waals surface area contributed by atoms with E-state index in [0.717, 1.165) is 36.9 Å². The Balaban J connectivity index is 0.000000396. The average molecular weight is 429 g/mol. The van der Waals surface area contributed by atoms with Crippen LogP contribution in [0.5, 0.6) is 0 Å². The largest absolute Gasteiger partial charge is 0.490 e. The molecule has 164 valence electrons. The molecule has 1 saturated heterocycles. The summed E-state index contributed by atoms with van der Waals surface area (Å²) in [7, 11) is 0. The van der Waals surface area contributed by atoms with Crippen molar-refractivity contribution in [3.8, 4) is 0 Å². The number of carboxylic acids is 1. The van der Waals surface area contributed by atoms with Gasteiger partial charge in [0, 0.05) is 29.2 Å². The van der Waals surface area contributed by atoms with Crippen molar-refractivity contribution in [2.24, 2.45) is 0 Å². The fourth-order valence-corrected chi connectivity index (χ4v) is 2.87. The molecule has 0 saturated carbocycles. The number of nitrogens with one attached hydrogen (secondary N) is 3. The van der Waals surface area contributed by atoms with Crippen LogP contribution in [0.15, 0.2) is 33.5 Å². The van der Waals surface area contributed by atoms with Gasteiger partial charge in [-0.3, -0.25) is 4.79 Å². The normalized spacial score (nSPS) is 14.7. The number of rotatable bonds is 4. The average Bonchev–Trinajstić information content (AvgIpc) is 2.66. The summed E-state index contributed by atoms with van der Waals surface area (Å²) < 4.78 is 36.9. The molecule has 4 N–H and O–H groups in total. The standard InChI is InChI=1S/C17H21N3O3.C2HF3O2/c1-11-8-17(22)23-15-9-13(2-3-14(11)15)20-16(21)10-19-12-4-6-18-7-5-12;3-2(4,5)1(6)7/h2-3,8-9,12,18-19H,4-7,10H2,1H3,(H,20,21);(H,6,7). The van der Waals surface area contributed by atoms with Crippen LogP contribution in [-0.2, 0) is 9.59 Å². The molecule has 0 bridgehead atoms. The summed E-state index contributed by atoms with van der Waals surface area (Å²) in [5.74, 6) is -2.86. The zero-order valence-corrected chi connectivity index (χ0v) is 16.1. The molecule has 0 spiro atoms. The van der Waals surface area contributed by atoms with Crippen LogP contribution in [0.2, 0.25) is 0 Å². The Morgan fingerprint density at radius 1 is 1.23 bits per heavy atom. The number of anilines is 1. The minimum absolute atomic E-state index is 0.0992. The Morgan fingerprint density at radius 2 is 1.87 bits per heavy atom. The zero-order valence-electron chi connectivity index (χ0n) is 16.1. The van der Waals surface area contributed by atoms with E-state index in [2.05, 4.69) is 16.0 Å². The molecule has 3 rings (SSSR count). The Hall–Kier alpha value is -2.92. The van der Waals surface area contributed by atoms with E-state index >= 15 is 0 Å². The topological polar surface area (TPSA) is 121 Å². The van der Waals surface area contributed by atoms with Crippen LogP contribution in [0.4, 0.5) is 18.9 Å². The first kappa shape index (κ1) is 23.4.